The number of fused-ring (bicyclic) bond motifs is 1. The van der Waals surface area contributed by atoms with Crippen LogP contribution in [-0.2, 0) is 0 Å². The van der Waals surface area contributed by atoms with Crippen molar-refractivity contribution in [1.29, 1.82) is 0 Å². The molecule has 0 radical (unpaired) electrons. The van der Waals surface area contributed by atoms with Crippen molar-refractivity contribution in [3.05, 3.63) is 40.8 Å². The standard InChI is InChI=1S/C13H14N4S/c1-8-2-4-9(5-3-8)10-6-18-13-11(10)12(17-14)15-7-16-13/h2-7,12,17H,14H2,1H3,(H,15,16)/t12-/m0/s1. The number of hydrogen-bond donors (Lipinski definition) is 3. The monoisotopic (exact) mass is 258 g/mol. The molecule has 92 valence electrons. The molecule has 0 fully saturated rings. The van der Waals surface area contributed by atoms with Crippen LogP contribution < -0.4 is 16.6 Å². The Morgan fingerprint density at radius 1 is 1.33 bits per heavy atom. The highest BCUT2D eigenvalue weighted by Gasteiger charge is 2.22. The van der Waals surface area contributed by atoms with Crippen LogP contribution in [0.2, 0.25) is 0 Å². The van der Waals surface area contributed by atoms with Gasteiger partial charge >= 0.3 is 0 Å². The zero-order valence-corrected chi connectivity index (χ0v) is 10.8. The van der Waals surface area contributed by atoms with Gasteiger partial charge in [0.15, 0.2) is 0 Å². The van der Waals surface area contributed by atoms with Gasteiger partial charge in [-0.3, -0.25) is 10.8 Å². The summed E-state index contributed by atoms with van der Waals surface area (Å²) in [5, 5.41) is 6.40. The fourth-order valence-electron chi connectivity index (χ4n) is 2.08. The summed E-state index contributed by atoms with van der Waals surface area (Å²) in [6, 6.07) is 8.49. The van der Waals surface area contributed by atoms with E-state index in [1.165, 1.54) is 16.7 Å². The summed E-state index contributed by atoms with van der Waals surface area (Å²) in [5.41, 5.74) is 7.49. The first-order valence-corrected chi connectivity index (χ1v) is 6.60. The lowest BCUT2D eigenvalue weighted by Crippen LogP contribution is -2.29. The number of aryl methyl sites for hydroxylation is 1. The second-order valence-electron chi connectivity index (χ2n) is 4.25. The third-order valence-corrected chi connectivity index (χ3v) is 3.97. The van der Waals surface area contributed by atoms with Crippen LogP contribution in [0.25, 0.3) is 11.1 Å². The topological polar surface area (TPSA) is 62.4 Å². The summed E-state index contributed by atoms with van der Waals surface area (Å²) in [6.45, 7) is 2.09. The molecular weight excluding hydrogens is 244 g/mol. The summed E-state index contributed by atoms with van der Waals surface area (Å²) in [6.07, 6.45) is 1.51. The zero-order chi connectivity index (χ0) is 12.5. The van der Waals surface area contributed by atoms with Crippen LogP contribution in [0.5, 0.6) is 0 Å². The largest absolute Gasteiger partial charge is 0.338 e. The molecule has 4 N–H and O–H groups in total. The Morgan fingerprint density at radius 3 is 2.83 bits per heavy atom. The van der Waals surface area contributed by atoms with Gasteiger partial charge in [-0.25, -0.2) is 5.43 Å². The van der Waals surface area contributed by atoms with Crippen LogP contribution in [0.3, 0.4) is 0 Å². The SMILES string of the molecule is Cc1ccc(-c2csc3c2[C@H](NN)N=CN3)cc1. The Morgan fingerprint density at radius 2 is 2.11 bits per heavy atom. The first-order chi connectivity index (χ1) is 8.79. The average Bonchev–Trinajstić information content (AvgIpc) is 2.83. The molecule has 2 aromatic rings. The Bertz CT molecular complexity index is 586. The second kappa shape index (κ2) is 4.53. The Kier molecular flexibility index (Phi) is 2.87. The minimum atomic E-state index is -0.177. The van der Waals surface area contributed by atoms with Crippen LogP contribution in [0, 0.1) is 6.92 Å². The summed E-state index contributed by atoms with van der Waals surface area (Å²) in [4.78, 5) is 4.30. The van der Waals surface area contributed by atoms with E-state index in [1.807, 2.05) is 0 Å². The predicted octanol–water partition coefficient (Wildman–Crippen LogP) is 2.64. The minimum absolute atomic E-state index is 0.177. The minimum Gasteiger partial charge on any atom is -0.338 e. The molecule has 5 heteroatoms. The molecule has 2 heterocycles. The number of anilines is 1. The van der Waals surface area contributed by atoms with E-state index < -0.39 is 0 Å². The van der Waals surface area contributed by atoms with E-state index in [0.717, 1.165) is 10.6 Å². The Labute approximate surface area is 110 Å². The van der Waals surface area contributed by atoms with Gasteiger partial charge in [-0.1, -0.05) is 29.8 Å². The van der Waals surface area contributed by atoms with E-state index in [9.17, 15) is 0 Å². The predicted molar refractivity (Wildman–Crippen MR) is 76.7 cm³/mol. The first kappa shape index (κ1) is 11.4. The lowest BCUT2D eigenvalue weighted by molar-refractivity contribution is 0.582. The zero-order valence-electron chi connectivity index (χ0n) is 9.97. The Balaban J connectivity index is 2.09. The lowest BCUT2D eigenvalue weighted by atomic mass is 10.0. The number of nitrogens with zero attached hydrogens (tertiary/aromatic N) is 1. The van der Waals surface area contributed by atoms with Crippen LogP contribution >= 0.6 is 11.3 Å². The molecule has 0 unspecified atom stereocenters. The van der Waals surface area contributed by atoms with Gasteiger partial charge in [0, 0.05) is 16.5 Å². The molecular formula is C13H14N4S. The van der Waals surface area contributed by atoms with E-state index in [0.29, 0.717) is 0 Å². The molecule has 0 bridgehead atoms. The summed E-state index contributed by atoms with van der Waals surface area (Å²) >= 11 is 1.67. The van der Waals surface area contributed by atoms with Gasteiger partial charge < -0.3 is 5.32 Å². The molecule has 0 saturated heterocycles. The van der Waals surface area contributed by atoms with Crippen LogP contribution in [0.15, 0.2) is 34.6 Å². The van der Waals surface area contributed by atoms with E-state index in [1.54, 1.807) is 17.7 Å². The fourth-order valence-corrected chi connectivity index (χ4v) is 3.05. The number of thiophene rings is 1. The number of aliphatic imine (C=N–C) groups is 1. The van der Waals surface area contributed by atoms with Gasteiger partial charge in [0.2, 0.25) is 0 Å². The Hall–Kier alpha value is -1.69. The van der Waals surface area contributed by atoms with Crippen molar-refractivity contribution in [1.82, 2.24) is 5.43 Å². The maximum atomic E-state index is 5.56. The van der Waals surface area contributed by atoms with Crippen molar-refractivity contribution in [3.8, 4) is 11.1 Å². The average molecular weight is 258 g/mol. The molecule has 1 aromatic heterocycles. The summed E-state index contributed by atoms with van der Waals surface area (Å²) < 4.78 is 0. The summed E-state index contributed by atoms with van der Waals surface area (Å²) in [7, 11) is 0. The van der Waals surface area contributed by atoms with E-state index in [4.69, 9.17) is 5.84 Å². The highest BCUT2D eigenvalue weighted by Crippen LogP contribution is 2.40. The van der Waals surface area contributed by atoms with Crippen molar-refractivity contribution in [3.63, 3.8) is 0 Å². The van der Waals surface area contributed by atoms with E-state index in [-0.39, 0.29) is 6.17 Å². The van der Waals surface area contributed by atoms with Crippen molar-refractivity contribution in [2.45, 2.75) is 13.1 Å². The van der Waals surface area contributed by atoms with Gasteiger partial charge in [-0.15, -0.1) is 11.3 Å². The smallest absolute Gasteiger partial charge is 0.142 e. The molecule has 1 atom stereocenters. The lowest BCUT2D eigenvalue weighted by Gasteiger charge is -2.18. The quantitative estimate of drug-likeness (QED) is 0.573. The van der Waals surface area contributed by atoms with Crippen LogP contribution in [0.1, 0.15) is 17.3 Å². The van der Waals surface area contributed by atoms with Crippen LogP contribution in [-0.4, -0.2) is 6.34 Å². The highest BCUT2D eigenvalue weighted by molar-refractivity contribution is 7.15. The highest BCUT2D eigenvalue weighted by atomic mass is 32.1. The molecule has 0 aliphatic carbocycles. The molecule has 3 rings (SSSR count). The number of rotatable bonds is 2. The molecule has 4 nitrogen and oxygen atoms in total. The maximum Gasteiger partial charge on any atom is 0.142 e. The molecule has 0 spiro atoms. The normalized spacial score (nSPS) is 17.3. The third kappa shape index (κ3) is 1.82. The fraction of sp³-hybridized carbons (Fsp3) is 0.154. The van der Waals surface area contributed by atoms with Gasteiger partial charge in [-0.2, -0.15) is 0 Å². The second-order valence-corrected chi connectivity index (χ2v) is 5.13. The van der Waals surface area contributed by atoms with Crippen molar-refractivity contribution < 1.29 is 0 Å². The number of benzene rings is 1. The van der Waals surface area contributed by atoms with Gasteiger partial charge in [0.25, 0.3) is 0 Å². The molecule has 0 amide bonds. The van der Waals surface area contributed by atoms with Crippen molar-refractivity contribution in [2.24, 2.45) is 10.8 Å². The van der Waals surface area contributed by atoms with Gasteiger partial charge in [0.05, 0.1) is 6.34 Å². The number of nitrogens with one attached hydrogen (secondary N) is 2. The molecule has 0 saturated carbocycles. The van der Waals surface area contributed by atoms with Gasteiger partial charge in [-0.05, 0) is 12.5 Å². The van der Waals surface area contributed by atoms with Gasteiger partial charge in [0.1, 0.15) is 11.2 Å². The van der Waals surface area contributed by atoms with Crippen molar-refractivity contribution in [2.75, 3.05) is 5.32 Å². The molecule has 1 aromatic carbocycles. The molecule has 1 aliphatic heterocycles. The maximum absolute atomic E-state index is 5.56. The number of hydrogen-bond acceptors (Lipinski definition) is 5. The summed E-state index contributed by atoms with van der Waals surface area (Å²) in [5.74, 6) is 5.56. The first-order valence-electron chi connectivity index (χ1n) is 5.72. The van der Waals surface area contributed by atoms with E-state index in [2.05, 4.69) is 52.3 Å². The molecule has 1 aliphatic rings. The number of nitrogens with two attached hydrogens (primary N) is 1. The third-order valence-electron chi connectivity index (χ3n) is 3.04. The van der Waals surface area contributed by atoms with Crippen LogP contribution in [0.4, 0.5) is 5.00 Å². The molecule has 18 heavy (non-hydrogen) atoms. The number of hydrazine groups is 1. The van der Waals surface area contributed by atoms with E-state index >= 15 is 0 Å². The van der Waals surface area contributed by atoms with Crippen molar-refractivity contribution >= 4 is 22.7 Å².